The van der Waals surface area contributed by atoms with Crippen molar-refractivity contribution in [2.75, 3.05) is 0 Å². The van der Waals surface area contributed by atoms with Gasteiger partial charge in [-0.25, -0.2) is 9.78 Å². The first-order valence-corrected chi connectivity index (χ1v) is 4.68. The fourth-order valence-corrected chi connectivity index (χ4v) is 1.19. The van der Waals surface area contributed by atoms with Crippen molar-refractivity contribution in [1.82, 2.24) is 4.98 Å². The van der Waals surface area contributed by atoms with Crippen LogP contribution in [0.5, 0.6) is 11.6 Å². The zero-order valence-corrected chi connectivity index (χ0v) is 8.33. The van der Waals surface area contributed by atoms with Gasteiger partial charge in [0.15, 0.2) is 0 Å². The van der Waals surface area contributed by atoms with Crippen LogP contribution in [-0.4, -0.2) is 16.1 Å². The number of hydrogen-bond donors (Lipinski definition) is 1. The maximum absolute atomic E-state index is 10.6. The minimum absolute atomic E-state index is 0.230. The molecule has 0 saturated heterocycles. The van der Waals surface area contributed by atoms with E-state index in [1.807, 2.05) is 6.07 Å². The summed E-state index contributed by atoms with van der Waals surface area (Å²) in [4.78, 5) is 14.6. The predicted molar refractivity (Wildman–Crippen MR) is 57.7 cm³/mol. The topological polar surface area (TPSA) is 59.4 Å². The van der Waals surface area contributed by atoms with Crippen LogP contribution in [0.3, 0.4) is 0 Å². The first-order valence-electron chi connectivity index (χ1n) is 4.68. The SMILES string of the molecule is O=C(O)c1ccc(Oc2ccccn2)cc1. The minimum atomic E-state index is -0.954. The summed E-state index contributed by atoms with van der Waals surface area (Å²) < 4.78 is 5.41. The molecule has 0 amide bonds. The summed E-state index contributed by atoms with van der Waals surface area (Å²) in [6.45, 7) is 0. The van der Waals surface area contributed by atoms with E-state index >= 15 is 0 Å². The fraction of sp³-hybridized carbons (Fsp3) is 0. The molecule has 0 atom stereocenters. The number of carboxylic acid groups (broad SMARTS) is 1. The van der Waals surface area contributed by atoms with E-state index in [1.165, 1.54) is 12.1 Å². The molecule has 1 aromatic carbocycles. The Morgan fingerprint density at radius 2 is 1.88 bits per heavy atom. The number of carboxylic acids is 1. The molecule has 80 valence electrons. The molecule has 0 fully saturated rings. The molecule has 1 N–H and O–H groups in total. The highest BCUT2D eigenvalue weighted by Gasteiger charge is 2.02. The summed E-state index contributed by atoms with van der Waals surface area (Å²) in [5.41, 5.74) is 0.230. The maximum atomic E-state index is 10.6. The van der Waals surface area contributed by atoms with E-state index in [2.05, 4.69) is 4.98 Å². The van der Waals surface area contributed by atoms with Gasteiger partial charge < -0.3 is 9.84 Å². The summed E-state index contributed by atoms with van der Waals surface area (Å²) in [6, 6.07) is 11.5. The standard InChI is InChI=1S/C12H9NO3/c14-12(15)9-4-6-10(7-5-9)16-11-3-1-2-8-13-11/h1-8H,(H,14,15). The van der Waals surface area contributed by atoms with Crippen molar-refractivity contribution < 1.29 is 14.6 Å². The van der Waals surface area contributed by atoms with Crippen molar-refractivity contribution in [3.8, 4) is 11.6 Å². The van der Waals surface area contributed by atoms with Crippen molar-refractivity contribution in [3.63, 3.8) is 0 Å². The third-order valence-electron chi connectivity index (χ3n) is 1.96. The van der Waals surface area contributed by atoms with E-state index in [0.717, 1.165) is 0 Å². The molecule has 0 aliphatic heterocycles. The number of ether oxygens (including phenoxy) is 1. The van der Waals surface area contributed by atoms with Gasteiger partial charge in [-0.05, 0) is 30.3 Å². The average molecular weight is 215 g/mol. The number of nitrogens with zero attached hydrogens (tertiary/aromatic N) is 1. The first-order chi connectivity index (χ1) is 7.75. The van der Waals surface area contributed by atoms with Gasteiger partial charge in [0.1, 0.15) is 5.75 Å². The molecule has 0 aliphatic carbocycles. The Morgan fingerprint density at radius 3 is 2.44 bits per heavy atom. The second kappa shape index (κ2) is 4.44. The van der Waals surface area contributed by atoms with Gasteiger partial charge in [-0.1, -0.05) is 6.07 Å². The van der Waals surface area contributed by atoms with Crippen LogP contribution in [-0.2, 0) is 0 Å². The van der Waals surface area contributed by atoms with E-state index in [-0.39, 0.29) is 5.56 Å². The quantitative estimate of drug-likeness (QED) is 0.854. The maximum Gasteiger partial charge on any atom is 0.335 e. The number of aromatic nitrogens is 1. The van der Waals surface area contributed by atoms with Gasteiger partial charge in [-0.3, -0.25) is 0 Å². The van der Waals surface area contributed by atoms with Crippen LogP contribution >= 0.6 is 0 Å². The Kier molecular flexibility index (Phi) is 2.82. The van der Waals surface area contributed by atoms with Crippen LogP contribution in [0.2, 0.25) is 0 Å². The zero-order valence-electron chi connectivity index (χ0n) is 8.33. The lowest BCUT2D eigenvalue weighted by Gasteiger charge is -2.03. The van der Waals surface area contributed by atoms with Gasteiger partial charge >= 0.3 is 5.97 Å². The smallest absolute Gasteiger partial charge is 0.335 e. The van der Waals surface area contributed by atoms with Gasteiger partial charge in [-0.15, -0.1) is 0 Å². The number of pyridine rings is 1. The summed E-state index contributed by atoms with van der Waals surface area (Å²) in [5, 5.41) is 8.71. The normalized spacial score (nSPS) is 9.75. The van der Waals surface area contributed by atoms with Gasteiger partial charge in [-0.2, -0.15) is 0 Å². The van der Waals surface area contributed by atoms with Crippen LogP contribution < -0.4 is 4.74 Å². The predicted octanol–water partition coefficient (Wildman–Crippen LogP) is 2.57. The van der Waals surface area contributed by atoms with Crippen molar-refractivity contribution in [2.45, 2.75) is 0 Å². The van der Waals surface area contributed by atoms with E-state index in [1.54, 1.807) is 30.5 Å². The molecule has 2 rings (SSSR count). The second-order valence-corrected chi connectivity index (χ2v) is 3.10. The molecule has 0 radical (unpaired) electrons. The lowest BCUT2D eigenvalue weighted by atomic mass is 10.2. The van der Waals surface area contributed by atoms with Crippen LogP contribution in [0.4, 0.5) is 0 Å². The van der Waals surface area contributed by atoms with Gasteiger partial charge in [0, 0.05) is 12.3 Å². The number of carbonyl (C=O) groups is 1. The molecule has 16 heavy (non-hydrogen) atoms. The molecule has 4 nitrogen and oxygen atoms in total. The highest BCUT2D eigenvalue weighted by molar-refractivity contribution is 5.87. The van der Waals surface area contributed by atoms with Crippen LogP contribution in [0, 0.1) is 0 Å². The third-order valence-corrected chi connectivity index (χ3v) is 1.96. The Morgan fingerprint density at radius 1 is 1.12 bits per heavy atom. The Balaban J connectivity index is 2.14. The van der Waals surface area contributed by atoms with Crippen molar-refractivity contribution >= 4 is 5.97 Å². The number of hydrogen-bond acceptors (Lipinski definition) is 3. The van der Waals surface area contributed by atoms with E-state index in [4.69, 9.17) is 9.84 Å². The largest absolute Gasteiger partial charge is 0.478 e. The highest BCUT2D eigenvalue weighted by Crippen LogP contribution is 2.18. The number of benzene rings is 1. The van der Waals surface area contributed by atoms with Gasteiger partial charge in [0.25, 0.3) is 0 Å². The van der Waals surface area contributed by atoms with Crippen molar-refractivity contribution in [2.24, 2.45) is 0 Å². The van der Waals surface area contributed by atoms with E-state index in [9.17, 15) is 4.79 Å². The minimum Gasteiger partial charge on any atom is -0.478 e. The highest BCUT2D eigenvalue weighted by atomic mass is 16.5. The van der Waals surface area contributed by atoms with Crippen molar-refractivity contribution in [1.29, 1.82) is 0 Å². The Bertz CT molecular complexity index is 479. The van der Waals surface area contributed by atoms with Crippen LogP contribution in [0.15, 0.2) is 48.7 Å². The molecule has 0 spiro atoms. The molecule has 0 unspecified atom stereocenters. The molecule has 4 heteroatoms. The molecular weight excluding hydrogens is 206 g/mol. The second-order valence-electron chi connectivity index (χ2n) is 3.10. The summed E-state index contributed by atoms with van der Waals surface area (Å²) in [7, 11) is 0. The molecule has 1 heterocycles. The Hall–Kier alpha value is -2.36. The number of aromatic carboxylic acids is 1. The summed E-state index contributed by atoms with van der Waals surface area (Å²) in [6.07, 6.45) is 1.63. The Labute approximate surface area is 92.1 Å². The van der Waals surface area contributed by atoms with Crippen LogP contribution in [0.25, 0.3) is 0 Å². The van der Waals surface area contributed by atoms with E-state index < -0.39 is 5.97 Å². The lowest BCUT2D eigenvalue weighted by molar-refractivity contribution is 0.0697. The average Bonchev–Trinajstić information content (AvgIpc) is 2.31. The molecule has 0 saturated carbocycles. The van der Waals surface area contributed by atoms with Gasteiger partial charge in [0.2, 0.25) is 5.88 Å². The van der Waals surface area contributed by atoms with Crippen molar-refractivity contribution in [3.05, 3.63) is 54.2 Å². The number of rotatable bonds is 3. The zero-order chi connectivity index (χ0) is 11.4. The lowest BCUT2D eigenvalue weighted by Crippen LogP contribution is -1.95. The molecule has 2 aromatic rings. The molecule has 1 aromatic heterocycles. The first kappa shape index (κ1) is 10.2. The molecule has 0 aliphatic rings. The summed E-state index contributed by atoms with van der Waals surface area (Å²) in [5.74, 6) is 0.0821. The fourth-order valence-electron chi connectivity index (χ4n) is 1.19. The van der Waals surface area contributed by atoms with Crippen LogP contribution in [0.1, 0.15) is 10.4 Å². The molecule has 0 bridgehead atoms. The third kappa shape index (κ3) is 2.36. The molecular formula is C12H9NO3. The monoisotopic (exact) mass is 215 g/mol. The van der Waals surface area contributed by atoms with Gasteiger partial charge in [0.05, 0.1) is 5.56 Å². The summed E-state index contributed by atoms with van der Waals surface area (Å²) >= 11 is 0. The van der Waals surface area contributed by atoms with E-state index in [0.29, 0.717) is 11.6 Å².